The maximum atomic E-state index is 12.3. The lowest BCUT2D eigenvalue weighted by Crippen LogP contribution is -2.13. The fraction of sp³-hybridized carbons (Fsp3) is 0.111. The number of aryl methyl sites for hydroxylation is 1. The number of benzene rings is 2. The summed E-state index contributed by atoms with van der Waals surface area (Å²) < 4.78 is 5.58. The minimum Gasteiger partial charge on any atom is -0.431 e. The SMILES string of the molecule is CCc1ccccc1NC(=O)c1ccc(Oc2nccs2)cc1. The molecule has 0 fully saturated rings. The van der Waals surface area contributed by atoms with Crippen LogP contribution in [0.1, 0.15) is 22.8 Å². The number of nitrogens with zero attached hydrogens (tertiary/aromatic N) is 1. The first kappa shape index (κ1) is 15.2. The van der Waals surface area contributed by atoms with Crippen molar-refractivity contribution in [2.75, 3.05) is 5.32 Å². The second kappa shape index (κ2) is 7.07. The number of ether oxygens (including phenoxy) is 1. The van der Waals surface area contributed by atoms with Gasteiger partial charge in [-0.3, -0.25) is 4.79 Å². The third kappa shape index (κ3) is 3.76. The van der Waals surface area contributed by atoms with Crippen molar-refractivity contribution in [3.63, 3.8) is 0 Å². The minimum atomic E-state index is -0.133. The third-order valence-electron chi connectivity index (χ3n) is 3.38. The molecule has 4 nitrogen and oxygen atoms in total. The van der Waals surface area contributed by atoms with Crippen LogP contribution in [0, 0.1) is 0 Å². The van der Waals surface area contributed by atoms with Gasteiger partial charge in [0.05, 0.1) is 0 Å². The highest BCUT2D eigenvalue weighted by molar-refractivity contribution is 7.11. The van der Waals surface area contributed by atoms with E-state index >= 15 is 0 Å². The lowest BCUT2D eigenvalue weighted by molar-refractivity contribution is 0.102. The highest BCUT2D eigenvalue weighted by Gasteiger charge is 2.09. The molecule has 0 saturated heterocycles. The molecule has 1 aromatic heterocycles. The van der Waals surface area contributed by atoms with E-state index in [9.17, 15) is 4.79 Å². The van der Waals surface area contributed by atoms with Gasteiger partial charge >= 0.3 is 0 Å². The molecule has 2 aromatic carbocycles. The monoisotopic (exact) mass is 324 g/mol. The predicted octanol–water partition coefficient (Wildman–Crippen LogP) is 4.75. The Hall–Kier alpha value is -2.66. The summed E-state index contributed by atoms with van der Waals surface area (Å²) in [6.45, 7) is 2.07. The normalized spacial score (nSPS) is 10.3. The molecule has 23 heavy (non-hydrogen) atoms. The summed E-state index contributed by atoms with van der Waals surface area (Å²) in [5.41, 5.74) is 2.55. The Balaban J connectivity index is 1.70. The molecular formula is C18H16N2O2S. The van der Waals surface area contributed by atoms with Crippen LogP contribution in [0.4, 0.5) is 5.69 Å². The molecule has 0 spiro atoms. The number of hydrogen-bond acceptors (Lipinski definition) is 4. The first-order valence-corrected chi connectivity index (χ1v) is 8.21. The van der Waals surface area contributed by atoms with Crippen LogP contribution in [0.2, 0.25) is 0 Å². The van der Waals surface area contributed by atoms with E-state index in [2.05, 4.69) is 17.2 Å². The summed E-state index contributed by atoms with van der Waals surface area (Å²) in [5, 5.41) is 5.38. The van der Waals surface area contributed by atoms with Gasteiger partial charge in [0.1, 0.15) is 5.75 Å². The number of anilines is 1. The Kier molecular flexibility index (Phi) is 4.68. The number of rotatable bonds is 5. The molecule has 0 radical (unpaired) electrons. The van der Waals surface area contributed by atoms with Crippen LogP contribution in [0.25, 0.3) is 0 Å². The molecule has 1 heterocycles. The van der Waals surface area contributed by atoms with Crippen LogP contribution in [-0.4, -0.2) is 10.9 Å². The highest BCUT2D eigenvalue weighted by atomic mass is 32.1. The van der Waals surface area contributed by atoms with Crippen molar-refractivity contribution in [2.24, 2.45) is 0 Å². The van der Waals surface area contributed by atoms with Gasteiger partial charge in [-0.05, 0) is 42.3 Å². The van der Waals surface area contributed by atoms with Crippen molar-refractivity contribution in [3.8, 4) is 10.9 Å². The Bertz CT molecular complexity index is 783. The molecule has 0 aliphatic carbocycles. The van der Waals surface area contributed by atoms with Crippen LogP contribution >= 0.6 is 11.3 Å². The zero-order valence-electron chi connectivity index (χ0n) is 12.7. The first-order chi connectivity index (χ1) is 11.3. The second-order valence-electron chi connectivity index (χ2n) is 4.89. The standard InChI is InChI=1S/C18H16N2O2S/c1-2-13-5-3-4-6-16(13)20-17(21)14-7-9-15(10-8-14)22-18-19-11-12-23-18/h3-12H,2H2,1H3,(H,20,21). The summed E-state index contributed by atoms with van der Waals surface area (Å²) in [6, 6.07) is 14.8. The Morgan fingerprint density at radius 3 is 2.65 bits per heavy atom. The molecule has 3 aromatic rings. The van der Waals surface area contributed by atoms with Gasteiger partial charge < -0.3 is 10.1 Å². The number of thiazole rings is 1. The maximum Gasteiger partial charge on any atom is 0.278 e. The van der Waals surface area contributed by atoms with Gasteiger partial charge in [0.15, 0.2) is 0 Å². The molecule has 0 unspecified atom stereocenters. The number of hydrogen-bond donors (Lipinski definition) is 1. The number of nitrogens with one attached hydrogen (secondary N) is 1. The van der Waals surface area contributed by atoms with E-state index in [0.717, 1.165) is 17.7 Å². The van der Waals surface area contributed by atoms with Crippen LogP contribution in [0.3, 0.4) is 0 Å². The molecular weight excluding hydrogens is 308 g/mol. The van der Waals surface area contributed by atoms with Gasteiger partial charge in [0.2, 0.25) is 0 Å². The van der Waals surface area contributed by atoms with Gasteiger partial charge in [-0.15, -0.1) is 0 Å². The average molecular weight is 324 g/mol. The average Bonchev–Trinajstić information content (AvgIpc) is 3.09. The Labute approximate surface area is 138 Å². The summed E-state index contributed by atoms with van der Waals surface area (Å²) in [4.78, 5) is 16.4. The molecule has 1 amide bonds. The Morgan fingerprint density at radius 2 is 1.96 bits per heavy atom. The third-order valence-corrected chi connectivity index (χ3v) is 4.03. The predicted molar refractivity (Wildman–Crippen MR) is 92.4 cm³/mol. The zero-order chi connectivity index (χ0) is 16.1. The van der Waals surface area contributed by atoms with Gasteiger partial charge in [-0.1, -0.05) is 36.5 Å². The number of amides is 1. The minimum absolute atomic E-state index is 0.133. The highest BCUT2D eigenvalue weighted by Crippen LogP contribution is 2.24. The Morgan fingerprint density at radius 1 is 1.17 bits per heavy atom. The van der Waals surface area contributed by atoms with Crippen molar-refractivity contribution in [3.05, 3.63) is 71.2 Å². The zero-order valence-corrected chi connectivity index (χ0v) is 13.5. The summed E-state index contributed by atoms with van der Waals surface area (Å²) in [6.07, 6.45) is 2.56. The van der Waals surface area contributed by atoms with Crippen LogP contribution in [0.15, 0.2) is 60.1 Å². The molecule has 3 rings (SSSR count). The lowest BCUT2D eigenvalue weighted by atomic mass is 10.1. The van der Waals surface area contributed by atoms with Crippen molar-refractivity contribution in [1.82, 2.24) is 4.98 Å². The van der Waals surface area contributed by atoms with E-state index in [0.29, 0.717) is 16.5 Å². The molecule has 0 saturated carbocycles. The molecule has 0 aliphatic rings. The largest absolute Gasteiger partial charge is 0.431 e. The molecule has 0 aliphatic heterocycles. The number of aromatic nitrogens is 1. The number of carbonyl (C=O) groups is 1. The summed E-state index contributed by atoms with van der Waals surface area (Å²) >= 11 is 1.42. The topological polar surface area (TPSA) is 51.2 Å². The van der Waals surface area contributed by atoms with Crippen molar-refractivity contribution in [2.45, 2.75) is 13.3 Å². The lowest BCUT2D eigenvalue weighted by Gasteiger charge is -2.10. The van der Waals surface area contributed by atoms with Gasteiger partial charge in [0, 0.05) is 22.8 Å². The van der Waals surface area contributed by atoms with E-state index in [1.54, 1.807) is 30.5 Å². The van der Waals surface area contributed by atoms with Crippen molar-refractivity contribution >= 4 is 22.9 Å². The quantitative estimate of drug-likeness (QED) is 0.737. The molecule has 5 heteroatoms. The van der Waals surface area contributed by atoms with Gasteiger partial charge in [-0.25, -0.2) is 4.98 Å². The maximum absolute atomic E-state index is 12.3. The molecule has 0 bridgehead atoms. The molecule has 0 atom stereocenters. The van der Waals surface area contributed by atoms with Gasteiger partial charge in [-0.2, -0.15) is 0 Å². The van der Waals surface area contributed by atoms with E-state index in [1.165, 1.54) is 11.3 Å². The number of para-hydroxylation sites is 1. The van der Waals surface area contributed by atoms with Crippen molar-refractivity contribution in [1.29, 1.82) is 0 Å². The molecule has 1 N–H and O–H groups in total. The van der Waals surface area contributed by atoms with Crippen LogP contribution in [-0.2, 0) is 6.42 Å². The first-order valence-electron chi connectivity index (χ1n) is 7.33. The second-order valence-corrected chi connectivity index (χ2v) is 5.75. The van der Waals surface area contributed by atoms with E-state index < -0.39 is 0 Å². The smallest absolute Gasteiger partial charge is 0.278 e. The van der Waals surface area contributed by atoms with Crippen molar-refractivity contribution < 1.29 is 9.53 Å². The van der Waals surface area contributed by atoms with E-state index in [1.807, 2.05) is 29.6 Å². The van der Waals surface area contributed by atoms with E-state index in [4.69, 9.17) is 4.74 Å². The van der Waals surface area contributed by atoms with Crippen LogP contribution < -0.4 is 10.1 Å². The summed E-state index contributed by atoms with van der Waals surface area (Å²) in [7, 11) is 0. The molecule has 116 valence electrons. The van der Waals surface area contributed by atoms with Crippen LogP contribution in [0.5, 0.6) is 10.9 Å². The van der Waals surface area contributed by atoms with E-state index in [-0.39, 0.29) is 5.91 Å². The van der Waals surface area contributed by atoms with Gasteiger partial charge in [0.25, 0.3) is 11.1 Å². The summed E-state index contributed by atoms with van der Waals surface area (Å²) in [5.74, 6) is 0.525. The fourth-order valence-corrected chi connectivity index (χ4v) is 2.69. The number of carbonyl (C=O) groups excluding carboxylic acids is 1. The fourth-order valence-electron chi connectivity index (χ4n) is 2.18.